The van der Waals surface area contributed by atoms with Gasteiger partial charge in [-0.05, 0) is 35.9 Å². The molecule has 0 heterocycles. The Hall–Kier alpha value is -1.55. The van der Waals surface area contributed by atoms with E-state index in [2.05, 4.69) is 15.9 Å². The molecule has 0 radical (unpaired) electrons. The first-order valence-corrected chi connectivity index (χ1v) is 6.36. The van der Waals surface area contributed by atoms with Crippen LogP contribution in [0.3, 0.4) is 0 Å². The zero-order valence-electron chi connectivity index (χ0n) is 10.0. The van der Waals surface area contributed by atoms with Gasteiger partial charge in [-0.2, -0.15) is 0 Å². The summed E-state index contributed by atoms with van der Waals surface area (Å²) < 4.78 is 14.4. The van der Waals surface area contributed by atoms with Gasteiger partial charge < -0.3 is 10.6 Å². The van der Waals surface area contributed by atoms with Crippen LogP contribution in [-0.2, 0) is 6.54 Å². The number of anilines is 2. The third-order valence-corrected chi connectivity index (χ3v) is 3.29. The average molecular weight is 309 g/mol. The minimum absolute atomic E-state index is 0.177. The molecule has 4 heteroatoms. The molecule has 0 amide bonds. The summed E-state index contributed by atoms with van der Waals surface area (Å²) in [7, 11) is 1.92. The molecule has 0 unspecified atom stereocenters. The molecule has 0 aliphatic heterocycles. The van der Waals surface area contributed by atoms with Gasteiger partial charge in [0, 0.05) is 23.8 Å². The van der Waals surface area contributed by atoms with Gasteiger partial charge in [0.25, 0.3) is 0 Å². The molecule has 94 valence electrons. The quantitative estimate of drug-likeness (QED) is 0.874. The second-order valence-corrected chi connectivity index (χ2v) is 5.10. The molecule has 0 saturated carbocycles. The van der Waals surface area contributed by atoms with Crippen molar-refractivity contribution in [2.45, 2.75) is 6.54 Å². The van der Waals surface area contributed by atoms with Crippen molar-refractivity contribution in [2.24, 2.45) is 0 Å². The van der Waals surface area contributed by atoms with E-state index in [1.807, 2.05) is 42.3 Å². The van der Waals surface area contributed by atoms with Crippen molar-refractivity contribution in [3.8, 4) is 0 Å². The maximum absolute atomic E-state index is 13.4. The number of nitrogens with two attached hydrogens (primary N) is 1. The van der Waals surface area contributed by atoms with Crippen molar-refractivity contribution >= 4 is 27.3 Å². The molecule has 2 rings (SSSR count). The van der Waals surface area contributed by atoms with Crippen LogP contribution >= 0.6 is 15.9 Å². The van der Waals surface area contributed by atoms with Crippen LogP contribution in [0, 0.1) is 5.82 Å². The summed E-state index contributed by atoms with van der Waals surface area (Å²) in [6.07, 6.45) is 0. The van der Waals surface area contributed by atoms with Crippen LogP contribution in [0.5, 0.6) is 0 Å². The van der Waals surface area contributed by atoms with E-state index >= 15 is 0 Å². The number of halogens is 2. The number of nitrogen functional groups attached to an aromatic ring is 1. The average Bonchev–Trinajstić information content (AvgIpc) is 2.35. The standard InChI is InChI=1S/C14H14BrFN2/c1-18(9-10-2-4-11(15)5-3-10)12-6-7-14(17)13(16)8-12/h2-8H,9,17H2,1H3. The first kappa shape index (κ1) is 12.9. The van der Waals surface area contributed by atoms with Crippen LogP contribution in [0.1, 0.15) is 5.56 Å². The number of benzene rings is 2. The summed E-state index contributed by atoms with van der Waals surface area (Å²) in [5, 5.41) is 0. The summed E-state index contributed by atoms with van der Waals surface area (Å²) in [4.78, 5) is 1.98. The Kier molecular flexibility index (Phi) is 3.87. The molecule has 0 aliphatic rings. The minimum atomic E-state index is -0.379. The van der Waals surface area contributed by atoms with E-state index in [-0.39, 0.29) is 11.5 Å². The predicted molar refractivity (Wildman–Crippen MR) is 77.1 cm³/mol. The van der Waals surface area contributed by atoms with E-state index in [0.29, 0.717) is 0 Å². The highest BCUT2D eigenvalue weighted by atomic mass is 79.9. The Bertz CT molecular complexity index is 540. The third-order valence-electron chi connectivity index (χ3n) is 2.76. The van der Waals surface area contributed by atoms with Gasteiger partial charge in [0.1, 0.15) is 5.82 Å². The Morgan fingerprint density at radius 3 is 2.44 bits per heavy atom. The summed E-state index contributed by atoms with van der Waals surface area (Å²) >= 11 is 3.40. The largest absolute Gasteiger partial charge is 0.396 e. The third kappa shape index (κ3) is 3.01. The first-order chi connectivity index (χ1) is 8.56. The van der Waals surface area contributed by atoms with Crippen LogP contribution in [-0.4, -0.2) is 7.05 Å². The van der Waals surface area contributed by atoms with E-state index in [1.54, 1.807) is 6.07 Å². The Balaban J connectivity index is 2.13. The van der Waals surface area contributed by atoms with Gasteiger partial charge in [-0.3, -0.25) is 0 Å². The number of nitrogens with zero attached hydrogens (tertiary/aromatic N) is 1. The van der Waals surface area contributed by atoms with Gasteiger partial charge in [0.2, 0.25) is 0 Å². The Morgan fingerprint density at radius 1 is 1.17 bits per heavy atom. The van der Waals surface area contributed by atoms with E-state index in [1.165, 1.54) is 6.07 Å². The maximum atomic E-state index is 13.4. The molecule has 2 N–H and O–H groups in total. The van der Waals surface area contributed by atoms with Gasteiger partial charge in [-0.25, -0.2) is 4.39 Å². The van der Waals surface area contributed by atoms with E-state index in [4.69, 9.17) is 5.73 Å². The summed E-state index contributed by atoms with van der Waals surface area (Å²) in [6, 6.07) is 12.9. The zero-order valence-corrected chi connectivity index (χ0v) is 11.6. The predicted octanol–water partition coefficient (Wildman–Crippen LogP) is 3.81. The van der Waals surface area contributed by atoms with Crippen molar-refractivity contribution < 1.29 is 4.39 Å². The molecule has 2 nitrogen and oxygen atoms in total. The Morgan fingerprint density at radius 2 is 1.83 bits per heavy atom. The summed E-state index contributed by atoms with van der Waals surface area (Å²) in [6.45, 7) is 0.719. The molecule has 0 spiro atoms. The zero-order chi connectivity index (χ0) is 13.1. The molecule has 2 aromatic carbocycles. The molecule has 2 aromatic rings. The van der Waals surface area contributed by atoms with Crippen molar-refractivity contribution in [2.75, 3.05) is 17.7 Å². The number of hydrogen-bond donors (Lipinski definition) is 1. The lowest BCUT2D eigenvalue weighted by Gasteiger charge is -2.19. The topological polar surface area (TPSA) is 29.3 Å². The number of rotatable bonds is 3. The highest BCUT2D eigenvalue weighted by molar-refractivity contribution is 9.10. The molecular formula is C14H14BrFN2. The second kappa shape index (κ2) is 5.40. The van der Waals surface area contributed by atoms with Crippen molar-refractivity contribution in [1.82, 2.24) is 0 Å². The lowest BCUT2D eigenvalue weighted by Crippen LogP contribution is -2.16. The fourth-order valence-electron chi connectivity index (χ4n) is 1.71. The highest BCUT2D eigenvalue weighted by Gasteiger charge is 2.05. The van der Waals surface area contributed by atoms with Gasteiger partial charge in [-0.15, -0.1) is 0 Å². The molecule has 0 aliphatic carbocycles. The van der Waals surface area contributed by atoms with Gasteiger partial charge in [-0.1, -0.05) is 28.1 Å². The van der Waals surface area contributed by atoms with Crippen LogP contribution in [0.15, 0.2) is 46.9 Å². The molecule has 18 heavy (non-hydrogen) atoms. The molecule has 0 fully saturated rings. The van der Waals surface area contributed by atoms with E-state index in [9.17, 15) is 4.39 Å². The van der Waals surface area contributed by atoms with E-state index in [0.717, 1.165) is 22.3 Å². The molecular weight excluding hydrogens is 295 g/mol. The monoisotopic (exact) mass is 308 g/mol. The van der Waals surface area contributed by atoms with Crippen LogP contribution in [0.25, 0.3) is 0 Å². The fraction of sp³-hybridized carbons (Fsp3) is 0.143. The smallest absolute Gasteiger partial charge is 0.148 e. The highest BCUT2D eigenvalue weighted by Crippen LogP contribution is 2.21. The van der Waals surface area contributed by atoms with Crippen LogP contribution < -0.4 is 10.6 Å². The molecule has 0 atom stereocenters. The van der Waals surface area contributed by atoms with E-state index < -0.39 is 0 Å². The lowest BCUT2D eigenvalue weighted by atomic mass is 10.2. The minimum Gasteiger partial charge on any atom is -0.396 e. The van der Waals surface area contributed by atoms with Crippen LogP contribution in [0.2, 0.25) is 0 Å². The summed E-state index contributed by atoms with van der Waals surface area (Å²) in [5.41, 5.74) is 7.61. The van der Waals surface area contributed by atoms with Crippen molar-refractivity contribution in [3.05, 3.63) is 58.3 Å². The Labute approximate surface area is 114 Å². The van der Waals surface area contributed by atoms with Crippen molar-refractivity contribution in [3.63, 3.8) is 0 Å². The molecule has 0 aromatic heterocycles. The first-order valence-electron chi connectivity index (χ1n) is 5.57. The van der Waals surface area contributed by atoms with Gasteiger partial charge >= 0.3 is 0 Å². The summed E-state index contributed by atoms with van der Waals surface area (Å²) in [5.74, 6) is -0.379. The SMILES string of the molecule is CN(Cc1ccc(Br)cc1)c1ccc(N)c(F)c1. The molecule has 0 bridgehead atoms. The normalized spacial score (nSPS) is 10.4. The fourth-order valence-corrected chi connectivity index (χ4v) is 1.97. The second-order valence-electron chi connectivity index (χ2n) is 4.19. The maximum Gasteiger partial charge on any atom is 0.148 e. The lowest BCUT2D eigenvalue weighted by molar-refractivity contribution is 0.632. The van der Waals surface area contributed by atoms with Gasteiger partial charge in [0.05, 0.1) is 5.69 Å². The number of hydrogen-bond acceptors (Lipinski definition) is 2. The van der Waals surface area contributed by atoms with Crippen molar-refractivity contribution in [1.29, 1.82) is 0 Å². The van der Waals surface area contributed by atoms with Gasteiger partial charge in [0.15, 0.2) is 0 Å². The molecule has 0 saturated heterocycles. The van der Waals surface area contributed by atoms with Crippen LogP contribution in [0.4, 0.5) is 15.8 Å².